The highest BCUT2D eigenvalue weighted by Gasteiger charge is 2.21. The number of carboxylic acid groups (broad SMARTS) is 1. The first-order valence-electron chi connectivity index (χ1n) is 5.33. The largest absolute Gasteiger partial charge is 0.477 e. The molecule has 10 heteroatoms. The highest BCUT2D eigenvalue weighted by Crippen LogP contribution is 2.28. The lowest BCUT2D eigenvalue weighted by Gasteiger charge is -2.06. The normalized spacial score (nSPS) is 10.1. The van der Waals surface area contributed by atoms with Gasteiger partial charge in [-0.15, -0.1) is 0 Å². The fourth-order valence-electron chi connectivity index (χ4n) is 1.46. The monoisotopic (exact) mass is 355 g/mol. The average molecular weight is 356 g/mol. The van der Waals surface area contributed by atoms with Crippen molar-refractivity contribution in [1.82, 2.24) is 9.97 Å². The van der Waals surface area contributed by atoms with Gasteiger partial charge in [-0.25, -0.2) is 9.78 Å². The van der Waals surface area contributed by atoms with E-state index in [9.17, 15) is 19.7 Å². The number of hydrogen-bond donors (Lipinski definition) is 2. The second-order valence-corrected chi connectivity index (χ2v) is 4.49. The zero-order chi connectivity index (χ0) is 15.6. The summed E-state index contributed by atoms with van der Waals surface area (Å²) in [5.41, 5.74) is -1.58. The molecule has 9 nitrogen and oxygen atoms in total. The quantitative estimate of drug-likeness (QED) is 0.631. The molecule has 108 valence electrons. The van der Waals surface area contributed by atoms with Crippen molar-refractivity contribution in [2.45, 2.75) is 0 Å². The summed E-state index contributed by atoms with van der Waals surface area (Å²) >= 11 is 2.97. The first kappa shape index (κ1) is 14.7. The molecule has 0 unspecified atom stereocenters. The van der Waals surface area contributed by atoms with Crippen LogP contribution in [-0.2, 0) is 0 Å². The van der Waals surface area contributed by atoms with E-state index in [0.717, 1.165) is 18.5 Å². The Kier molecular flexibility index (Phi) is 3.98. The summed E-state index contributed by atoms with van der Waals surface area (Å²) < 4.78 is 5.27. The Labute approximate surface area is 124 Å². The minimum atomic E-state index is -1.47. The predicted octanol–water partition coefficient (Wildman–Crippen LogP) is 1.93. The molecular formula is C11H6BrN3O6. The molecule has 0 saturated carbocycles. The number of nitrogens with one attached hydrogen (secondary N) is 1. The number of aromatic amines is 1. The lowest BCUT2D eigenvalue weighted by molar-refractivity contribution is -0.385. The van der Waals surface area contributed by atoms with E-state index in [1.54, 1.807) is 0 Å². The number of carboxylic acids is 1. The first-order valence-corrected chi connectivity index (χ1v) is 6.12. The van der Waals surface area contributed by atoms with Crippen LogP contribution >= 0.6 is 15.9 Å². The van der Waals surface area contributed by atoms with E-state index in [4.69, 9.17) is 9.84 Å². The third-order valence-electron chi connectivity index (χ3n) is 2.37. The molecule has 1 heterocycles. The van der Waals surface area contributed by atoms with Crippen molar-refractivity contribution in [2.24, 2.45) is 0 Å². The summed E-state index contributed by atoms with van der Waals surface area (Å²) in [7, 11) is 0. The molecule has 0 aliphatic carbocycles. The van der Waals surface area contributed by atoms with E-state index in [2.05, 4.69) is 25.9 Å². The number of benzene rings is 1. The number of rotatable bonds is 4. The van der Waals surface area contributed by atoms with Crippen LogP contribution in [0, 0.1) is 10.1 Å². The lowest BCUT2D eigenvalue weighted by Crippen LogP contribution is -2.08. The average Bonchev–Trinajstić information content (AvgIpc) is 2.43. The van der Waals surface area contributed by atoms with E-state index in [1.165, 1.54) is 6.07 Å². The van der Waals surface area contributed by atoms with Gasteiger partial charge < -0.3 is 14.8 Å². The van der Waals surface area contributed by atoms with Crippen molar-refractivity contribution < 1.29 is 19.6 Å². The van der Waals surface area contributed by atoms with Crippen molar-refractivity contribution in [3.05, 3.63) is 55.0 Å². The van der Waals surface area contributed by atoms with Crippen LogP contribution in [0.1, 0.15) is 10.4 Å². The van der Waals surface area contributed by atoms with Gasteiger partial charge in [0.15, 0.2) is 0 Å². The van der Waals surface area contributed by atoms with Crippen LogP contribution in [0.2, 0.25) is 0 Å². The van der Waals surface area contributed by atoms with Crippen LogP contribution in [0.3, 0.4) is 0 Å². The zero-order valence-electron chi connectivity index (χ0n) is 10.1. The zero-order valence-corrected chi connectivity index (χ0v) is 11.7. The van der Waals surface area contributed by atoms with Crippen molar-refractivity contribution >= 4 is 27.6 Å². The van der Waals surface area contributed by atoms with Crippen LogP contribution in [0.15, 0.2) is 33.8 Å². The first-order chi connectivity index (χ1) is 9.90. The van der Waals surface area contributed by atoms with Gasteiger partial charge in [-0.2, -0.15) is 0 Å². The van der Waals surface area contributed by atoms with E-state index in [-0.39, 0.29) is 16.1 Å². The van der Waals surface area contributed by atoms with Crippen molar-refractivity contribution in [1.29, 1.82) is 0 Å². The van der Waals surface area contributed by atoms with Crippen molar-refractivity contribution in [3.8, 4) is 11.6 Å². The van der Waals surface area contributed by atoms with E-state index < -0.39 is 27.7 Å². The van der Waals surface area contributed by atoms with Crippen molar-refractivity contribution in [2.75, 3.05) is 0 Å². The number of halogens is 1. The van der Waals surface area contributed by atoms with E-state index in [1.807, 2.05) is 0 Å². The molecule has 0 fully saturated rings. The Balaban J connectivity index is 2.44. The number of nitro benzene ring substituents is 1. The second kappa shape index (κ2) is 5.71. The lowest BCUT2D eigenvalue weighted by atomic mass is 10.1. The third kappa shape index (κ3) is 3.05. The van der Waals surface area contributed by atoms with Crippen LogP contribution in [0.4, 0.5) is 5.69 Å². The number of nitrogens with zero attached hydrogens (tertiary/aromatic N) is 2. The Morgan fingerprint density at radius 2 is 2.19 bits per heavy atom. The summed E-state index contributed by atoms with van der Waals surface area (Å²) in [4.78, 5) is 38.3. The number of aromatic carboxylic acids is 1. The van der Waals surface area contributed by atoms with Crippen molar-refractivity contribution in [3.63, 3.8) is 0 Å². The standard InChI is InChI=1S/C11H6BrN3O6/c12-8-9(16)13-4-14-10(8)21-5-1-2-7(15(19)20)6(3-5)11(17)18/h1-4H,(H,17,18)(H,13,14,16). The molecule has 2 rings (SSSR count). The summed E-state index contributed by atoms with van der Waals surface area (Å²) in [6.07, 6.45) is 1.10. The van der Waals surface area contributed by atoms with Crippen LogP contribution in [-0.4, -0.2) is 26.0 Å². The van der Waals surface area contributed by atoms with Gasteiger partial charge in [-0.1, -0.05) is 0 Å². The van der Waals surface area contributed by atoms with Gasteiger partial charge in [-0.05, 0) is 22.0 Å². The van der Waals surface area contributed by atoms with E-state index in [0.29, 0.717) is 0 Å². The molecule has 0 bridgehead atoms. The maximum absolute atomic E-state index is 11.3. The molecular weight excluding hydrogens is 350 g/mol. The van der Waals surface area contributed by atoms with Gasteiger partial charge in [0.25, 0.3) is 11.2 Å². The maximum Gasteiger partial charge on any atom is 0.342 e. The van der Waals surface area contributed by atoms with Crippen LogP contribution < -0.4 is 10.3 Å². The highest BCUT2D eigenvalue weighted by molar-refractivity contribution is 9.10. The number of hydrogen-bond acceptors (Lipinski definition) is 6. The topological polar surface area (TPSA) is 135 Å². The minimum absolute atomic E-state index is 0.00296. The Morgan fingerprint density at radius 3 is 2.81 bits per heavy atom. The molecule has 0 atom stereocenters. The summed E-state index contributed by atoms with van der Waals surface area (Å²) in [5, 5.41) is 19.7. The fourth-order valence-corrected chi connectivity index (χ4v) is 1.76. The molecule has 2 N–H and O–H groups in total. The number of nitro groups is 1. The molecule has 2 aromatic rings. The molecule has 0 aliphatic heterocycles. The molecule has 0 radical (unpaired) electrons. The molecule has 1 aromatic heterocycles. The number of carbonyl (C=O) groups is 1. The fraction of sp³-hybridized carbons (Fsp3) is 0. The molecule has 0 aliphatic rings. The summed E-state index contributed by atoms with van der Waals surface area (Å²) in [6.45, 7) is 0. The van der Waals surface area contributed by atoms with Gasteiger partial charge >= 0.3 is 5.97 Å². The second-order valence-electron chi connectivity index (χ2n) is 3.69. The third-order valence-corrected chi connectivity index (χ3v) is 3.07. The summed E-state index contributed by atoms with van der Waals surface area (Å²) in [5.74, 6) is -1.56. The molecule has 0 amide bonds. The van der Waals surface area contributed by atoms with Crippen LogP contribution in [0.25, 0.3) is 0 Å². The van der Waals surface area contributed by atoms with Gasteiger partial charge in [0.2, 0.25) is 5.88 Å². The molecule has 0 spiro atoms. The number of aromatic nitrogens is 2. The van der Waals surface area contributed by atoms with Gasteiger partial charge in [0.1, 0.15) is 15.8 Å². The SMILES string of the molecule is O=C(O)c1cc(Oc2nc[nH]c(=O)c2Br)ccc1[N+](=O)[O-]. The van der Waals surface area contributed by atoms with Crippen LogP contribution in [0.5, 0.6) is 11.6 Å². The minimum Gasteiger partial charge on any atom is -0.477 e. The maximum atomic E-state index is 11.3. The number of ether oxygens (including phenoxy) is 1. The molecule has 21 heavy (non-hydrogen) atoms. The molecule has 0 saturated heterocycles. The van der Waals surface area contributed by atoms with E-state index >= 15 is 0 Å². The summed E-state index contributed by atoms with van der Waals surface area (Å²) in [6, 6.07) is 3.19. The van der Waals surface area contributed by atoms with Gasteiger partial charge in [0.05, 0.1) is 11.3 Å². The van der Waals surface area contributed by atoms with Gasteiger partial charge in [0, 0.05) is 12.1 Å². The Morgan fingerprint density at radius 1 is 1.48 bits per heavy atom. The number of H-pyrrole nitrogens is 1. The Bertz CT molecular complexity index is 788. The predicted molar refractivity (Wildman–Crippen MR) is 72.7 cm³/mol. The smallest absolute Gasteiger partial charge is 0.342 e. The van der Waals surface area contributed by atoms with Gasteiger partial charge in [-0.3, -0.25) is 14.9 Å². The highest BCUT2D eigenvalue weighted by atomic mass is 79.9. The Hall–Kier alpha value is -2.75. The molecule has 1 aromatic carbocycles.